The lowest BCUT2D eigenvalue weighted by Gasteiger charge is -2.31. The van der Waals surface area contributed by atoms with Gasteiger partial charge in [-0.1, -0.05) is 0 Å². The van der Waals surface area contributed by atoms with Crippen LogP contribution in [-0.2, 0) is 16.4 Å². The van der Waals surface area contributed by atoms with E-state index in [1.54, 1.807) is 22.9 Å². The van der Waals surface area contributed by atoms with Gasteiger partial charge in [-0.05, 0) is 45.1 Å². The molecular weight excluding hydrogens is 338 g/mol. The molecule has 0 saturated carbocycles. The molecule has 7 nitrogen and oxygen atoms in total. The summed E-state index contributed by atoms with van der Waals surface area (Å²) in [6.45, 7) is 5.33. The first kappa shape index (κ1) is 18.0. The smallest absolute Gasteiger partial charge is 0.211 e. The molecule has 0 aliphatic carbocycles. The minimum atomic E-state index is -3.14. The predicted octanol–water partition coefficient (Wildman–Crippen LogP) is 2.14. The highest BCUT2D eigenvalue weighted by Crippen LogP contribution is 2.27. The van der Waals surface area contributed by atoms with Gasteiger partial charge in [0.2, 0.25) is 10.0 Å². The fourth-order valence-electron chi connectivity index (χ4n) is 3.41. The van der Waals surface area contributed by atoms with Crippen molar-refractivity contribution in [3.8, 4) is 11.4 Å². The third-order valence-corrected chi connectivity index (χ3v) is 5.88. The first-order chi connectivity index (χ1) is 11.9. The molecule has 0 bridgehead atoms. The van der Waals surface area contributed by atoms with Crippen LogP contribution in [0.4, 0.5) is 0 Å². The summed E-state index contributed by atoms with van der Waals surface area (Å²) in [5.74, 6) is 0.259. The van der Waals surface area contributed by atoms with E-state index >= 15 is 0 Å². The Hall–Kier alpha value is -1.80. The second-order valence-electron chi connectivity index (χ2n) is 6.94. The predicted molar refractivity (Wildman–Crippen MR) is 96.5 cm³/mol. The molecule has 1 aliphatic heterocycles. The Morgan fingerprint density at radius 2 is 2.00 bits per heavy atom. The van der Waals surface area contributed by atoms with Gasteiger partial charge in [0, 0.05) is 37.7 Å². The normalized spacial score (nSPS) is 19.4. The summed E-state index contributed by atoms with van der Waals surface area (Å²) < 4.78 is 27.2. The molecule has 1 saturated heterocycles. The maximum atomic E-state index is 11.8. The largest absolute Gasteiger partial charge is 0.261 e. The number of sulfonamides is 1. The third-order valence-electron chi connectivity index (χ3n) is 4.61. The Kier molecular flexibility index (Phi) is 5.19. The molecule has 2 aromatic rings. The van der Waals surface area contributed by atoms with Crippen LogP contribution in [0.1, 0.15) is 38.4 Å². The Labute approximate surface area is 149 Å². The molecular formula is C17H25N5O2S. The van der Waals surface area contributed by atoms with E-state index in [4.69, 9.17) is 0 Å². The maximum absolute atomic E-state index is 11.8. The molecule has 0 aromatic carbocycles. The summed E-state index contributed by atoms with van der Waals surface area (Å²) in [4.78, 5) is 9.09. The van der Waals surface area contributed by atoms with Crippen LogP contribution < -0.4 is 0 Å². The second kappa shape index (κ2) is 7.21. The van der Waals surface area contributed by atoms with E-state index in [1.165, 1.54) is 6.26 Å². The Morgan fingerprint density at radius 1 is 1.24 bits per heavy atom. The van der Waals surface area contributed by atoms with Gasteiger partial charge in [-0.3, -0.25) is 14.6 Å². The van der Waals surface area contributed by atoms with Gasteiger partial charge in [-0.15, -0.1) is 0 Å². The average molecular weight is 363 g/mol. The van der Waals surface area contributed by atoms with E-state index in [2.05, 4.69) is 28.9 Å². The summed E-state index contributed by atoms with van der Waals surface area (Å²) in [5.41, 5.74) is 2.70. The maximum Gasteiger partial charge on any atom is 0.211 e. The van der Waals surface area contributed by atoms with E-state index in [0.717, 1.165) is 36.3 Å². The number of hydrogen-bond acceptors (Lipinski definition) is 5. The van der Waals surface area contributed by atoms with Gasteiger partial charge in [0.05, 0.1) is 17.6 Å². The van der Waals surface area contributed by atoms with Gasteiger partial charge in [-0.2, -0.15) is 5.10 Å². The van der Waals surface area contributed by atoms with E-state index in [1.807, 2.05) is 10.7 Å². The average Bonchev–Trinajstić information content (AvgIpc) is 3.04. The molecule has 0 spiro atoms. The van der Waals surface area contributed by atoms with Crippen LogP contribution in [0.5, 0.6) is 0 Å². The Bertz CT molecular complexity index is 831. The van der Waals surface area contributed by atoms with Crippen molar-refractivity contribution in [2.45, 2.75) is 39.2 Å². The molecule has 1 unspecified atom stereocenters. The molecule has 3 heterocycles. The quantitative estimate of drug-likeness (QED) is 0.813. The van der Waals surface area contributed by atoms with Crippen LogP contribution >= 0.6 is 0 Å². The second-order valence-corrected chi connectivity index (χ2v) is 8.92. The Balaban J connectivity index is 1.86. The highest BCUT2D eigenvalue weighted by Gasteiger charge is 2.27. The van der Waals surface area contributed by atoms with E-state index in [-0.39, 0.29) is 12.0 Å². The molecule has 2 aromatic heterocycles. The minimum Gasteiger partial charge on any atom is -0.261 e. The number of nitrogens with zero attached hydrogens (tertiary/aromatic N) is 5. The fraction of sp³-hybridized carbons (Fsp3) is 0.588. The molecule has 3 rings (SSSR count). The van der Waals surface area contributed by atoms with E-state index in [0.29, 0.717) is 13.1 Å². The lowest BCUT2D eigenvalue weighted by molar-refractivity contribution is 0.265. The first-order valence-corrected chi connectivity index (χ1v) is 10.5. The highest BCUT2D eigenvalue weighted by atomic mass is 32.2. The molecule has 0 N–H and O–H groups in total. The molecule has 1 atom stereocenters. The van der Waals surface area contributed by atoms with Crippen LogP contribution in [-0.4, -0.2) is 51.8 Å². The number of rotatable bonds is 5. The highest BCUT2D eigenvalue weighted by molar-refractivity contribution is 7.88. The summed E-state index contributed by atoms with van der Waals surface area (Å²) in [5, 5.41) is 4.39. The lowest BCUT2D eigenvalue weighted by Crippen LogP contribution is -2.40. The van der Waals surface area contributed by atoms with Crippen molar-refractivity contribution in [3.63, 3.8) is 0 Å². The molecule has 8 heteroatoms. The molecule has 0 radical (unpaired) electrons. The van der Waals surface area contributed by atoms with Gasteiger partial charge in [0.15, 0.2) is 0 Å². The zero-order valence-electron chi connectivity index (χ0n) is 15.0. The van der Waals surface area contributed by atoms with E-state index in [9.17, 15) is 8.42 Å². The van der Waals surface area contributed by atoms with Gasteiger partial charge in [0.25, 0.3) is 0 Å². The summed E-state index contributed by atoms with van der Waals surface area (Å²) in [6.07, 6.45) is 9.07. The monoisotopic (exact) mass is 363 g/mol. The van der Waals surface area contributed by atoms with Crippen molar-refractivity contribution in [3.05, 3.63) is 30.4 Å². The first-order valence-electron chi connectivity index (χ1n) is 8.65. The number of aromatic nitrogens is 4. The minimum absolute atomic E-state index is 0.232. The van der Waals surface area contributed by atoms with Crippen LogP contribution in [0, 0.1) is 5.92 Å². The van der Waals surface area contributed by atoms with Crippen LogP contribution in [0.25, 0.3) is 11.4 Å². The van der Waals surface area contributed by atoms with Gasteiger partial charge >= 0.3 is 0 Å². The van der Waals surface area contributed by atoms with Crippen LogP contribution in [0.3, 0.4) is 0 Å². The van der Waals surface area contributed by atoms with Crippen molar-refractivity contribution in [2.75, 3.05) is 19.3 Å². The Morgan fingerprint density at radius 3 is 2.72 bits per heavy atom. The van der Waals surface area contributed by atoms with Crippen molar-refractivity contribution < 1.29 is 8.42 Å². The SMILES string of the molecule is CC(C)n1nccc1-c1nccnc1CC1CCCN(S(C)(=O)=O)C1. The van der Waals surface area contributed by atoms with Crippen LogP contribution in [0.15, 0.2) is 24.7 Å². The van der Waals surface area contributed by atoms with Gasteiger partial charge < -0.3 is 0 Å². The van der Waals surface area contributed by atoms with Gasteiger partial charge in [-0.25, -0.2) is 12.7 Å². The lowest BCUT2D eigenvalue weighted by atomic mass is 9.93. The molecule has 0 amide bonds. The van der Waals surface area contributed by atoms with Crippen molar-refractivity contribution in [1.29, 1.82) is 0 Å². The number of hydrogen-bond donors (Lipinski definition) is 0. The fourth-order valence-corrected chi connectivity index (χ4v) is 4.35. The summed E-state index contributed by atoms with van der Waals surface area (Å²) in [6, 6.07) is 2.19. The molecule has 136 valence electrons. The summed E-state index contributed by atoms with van der Waals surface area (Å²) in [7, 11) is -3.14. The zero-order valence-corrected chi connectivity index (χ0v) is 15.8. The van der Waals surface area contributed by atoms with Crippen LogP contribution in [0.2, 0.25) is 0 Å². The third kappa shape index (κ3) is 4.07. The zero-order chi connectivity index (χ0) is 18.0. The summed E-state index contributed by atoms with van der Waals surface area (Å²) >= 11 is 0. The van der Waals surface area contributed by atoms with Crippen molar-refractivity contribution in [1.82, 2.24) is 24.1 Å². The topological polar surface area (TPSA) is 81.0 Å². The molecule has 1 aliphatic rings. The van der Waals surface area contributed by atoms with Crippen molar-refractivity contribution in [2.24, 2.45) is 5.92 Å². The molecule has 1 fully saturated rings. The number of piperidine rings is 1. The molecule has 25 heavy (non-hydrogen) atoms. The van der Waals surface area contributed by atoms with Gasteiger partial charge in [0.1, 0.15) is 5.69 Å². The standard InChI is InChI=1S/C17H25N5O2S/c1-13(2)22-16(6-7-20-22)17-15(18-8-9-19-17)11-14-5-4-10-21(12-14)25(3,23)24/h6-9,13-14H,4-5,10-12H2,1-3H3. The van der Waals surface area contributed by atoms with E-state index < -0.39 is 10.0 Å². The van der Waals surface area contributed by atoms with Crippen molar-refractivity contribution >= 4 is 10.0 Å².